The van der Waals surface area contributed by atoms with Crippen molar-refractivity contribution in [3.05, 3.63) is 32.4 Å². The predicted molar refractivity (Wildman–Crippen MR) is 90.1 cm³/mol. The van der Waals surface area contributed by atoms with Crippen LogP contribution in [-0.4, -0.2) is 17.6 Å². The first-order valence-corrected chi connectivity index (χ1v) is 8.50. The maximum Gasteiger partial charge on any atom is 0.185 e. The second-order valence-electron chi connectivity index (χ2n) is 5.77. The summed E-state index contributed by atoms with van der Waals surface area (Å²) >= 11 is 9.31. The van der Waals surface area contributed by atoms with Crippen LogP contribution in [-0.2, 0) is 13.1 Å². The molecule has 20 heavy (non-hydrogen) atoms. The van der Waals surface area contributed by atoms with Gasteiger partial charge in [-0.2, -0.15) is 0 Å². The molecule has 0 aliphatic heterocycles. The van der Waals surface area contributed by atoms with Crippen molar-refractivity contribution in [3.63, 3.8) is 0 Å². The van der Waals surface area contributed by atoms with Gasteiger partial charge in [-0.15, -0.1) is 22.7 Å². The van der Waals surface area contributed by atoms with Crippen molar-refractivity contribution in [1.29, 1.82) is 0 Å². The van der Waals surface area contributed by atoms with Gasteiger partial charge >= 0.3 is 0 Å². The van der Waals surface area contributed by atoms with Gasteiger partial charge in [-0.05, 0) is 32.9 Å². The molecule has 3 nitrogen and oxygen atoms in total. The molecular weight excluding hydrogens is 310 g/mol. The van der Waals surface area contributed by atoms with E-state index < -0.39 is 0 Å². The summed E-state index contributed by atoms with van der Waals surface area (Å²) in [5.41, 5.74) is 0.129. The zero-order chi connectivity index (χ0) is 14.8. The normalized spacial score (nSPS) is 11.8. The molecule has 0 fully saturated rings. The summed E-state index contributed by atoms with van der Waals surface area (Å²) in [6.45, 7) is 8.21. The van der Waals surface area contributed by atoms with Crippen molar-refractivity contribution in [2.24, 2.45) is 0 Å². The third-order valence-electron chi connectivity index (χ3n) is 2.68. The van der Waals surface area contributed by atoms with Crippen LogP contribution < -0.4 is 10.2 Å². The lowest BCUT2D eigenvalue weighted by atomic mass is 10.1. The van der Waals surface area contributed by atoms with E-state index in [-0.39, 0.29) is 5.54 Å². The first-order chi connectivity index (χ1) is 9.33. The summed E-state index contributed by atoms with van der Waals surface area (Å²) in [5.74, 6) is 0. The SMILES string of the molecule is CN(Cc1ccc(Cl)s1)c1ncc(CNC(C)(C)C)s1. The van der Waals surface area contributed by atoms with Crippen molar-refractivity contribution in [1.82, 2.24) is 10.3 Å². The van der Waals surface area contributed by atoms with Gasteiger partial charge in [0.15, 0.2) is 5.13 Å². The third-order valence-corrected chi connectivity index (χ3v) is 5.01. The van der Waals surface area contributed by atoms with Crippen molar-refractivity contribution >= 4 is 39.4 Å². The number of thiophene rings is 1. The molecule has 0 spiro atoms. The lowest BCUT2D eigenvalue weighted by Crippen LogP contribution is -2.34. The Hall–Kier alpha value is -0.620. The standard InChI is InChI=1S/C14H20ClN3S2/c1-14(2,3)17-8-11-7-16-13(20-11)18(4)9-10-5-6-12(15)19-10/h5-7,17H,8-9H2,1-4H3. The minimum absolute atomic E-state index is 0.129. The Bertz CT molecular complexity index is 557. The van der Waals surface area contributed by atoms with Crippen molar-refractivity contribution in [2.75, 3.05) is 11.9 Å². The average molecular weight is 330 g/mol. The number of nitrogens with one attached hydrogen (secondary N) is 1. The van der Waals surface area contributed by atoms with Gasteiger partial charge in [-0.3, -0.25) is 0 Å². The number of hydrogen-bond donors (Lipinski definition) is 1. The first-order valence-electron chi connectivity index (χ1n) is 6.48. The van der Waals surface area contributed by atoms with E-state index in [1.165, 1.54) is 9.75 Å². The lowest BCUT2D eigenvalue weighted by molar-refractivity contribution is 0.426. The fourth-order valence-electron chi connectivity index (χ4n) is 1.65. The van der Waals surface area contributed by atoms with Crippen LogP contribution in [0.25, 0.3) is 0 Å². The van der Waals surface area contributed by atoms with Crippen LogP contribution in [0, 0.1) is 0 Å². The van der Waals surface area contributed by atoms with E-state index in [1.807, 2.05) is 12.3 Å². The monoisotopic (exact) mass is 329 g/mol. The number of aromatic nitrogens is 1. The molecule has 0 atom stereocenters. The number of anilines is 1. The average Bonchev–Trinajstić information content (AvgIpc) is 2.95. The molecule has 2 rings (SSSR count). The second kappa shape index (κ2) is 6.43. The van der Waals surface area contributed by atoms with E-state index in [4.69, 9.17) is 11.6 Å². The Labute approximate surface area is 133 Å². The van der Waals surface area contributed by atoms with Crippen LogP contribution in [0.5, 0.6) is 0 Å². The van der Waals surface area contributed by atoms with Crippen LogP contribution in [0.1, 0.15) is 30.5 Å². The zero-order valence-electron chi connectivity index (χ0n) is 12.2. The predicted octanol–water partition coefficient (Wildman–Crippen LogP) is 4.38. The highest BCUT2D eigenvalue weighted by molar-refractivity contribution is 7.16. The maximum absolute atomic E-state index is 5.96. The van der Waals surface area contributed by atoms with Gasteiger partial charge < -0.3 is 10.2 Å². The Morgan fingerprint density at radius 3 is 2.60 bits per heavy atom. The van der Waals surface area contributed by atoms with Gasteiger partial charge in [0, 0.05) is 35.1 Å². The fourth-order valence-corrected chi connectivity index (χ4v) is 3.60. The molecule has 1 N–H and O–H groups in total. The maximum atomic E-state index is 5.96. The van der Waals surface area contributed by atoms with Crippen LogP contribution in [0.4, 0.5) is 5.13 Å². The highest BCUT2D eigenvalue weighted by atomic mass is 35.5. The van der Waals surface area contributed by atoms with Gasteiger partial charge in [0.05, 0.1) is 10.9 Å². The fraction of sp³-hybridized carbons (Fsp3) is 0.500. The van der Waals surface area contributed by atoms with Gasteiger partial charge in [0.25, 0.3) is 0 Å². The summed E-state index contributed by atoms with van der Waals surface area (Å²) in [6, 6.07) is 4.01. The van der Waals surface area contributed by atoms with E-state index in [0.29, 0.717) is 0 Å². The first kappa shape index (κ1) is 15.8. The van der Waals surface area contributed by atoms with Gasteiger partial charge in [-0.1, -0.05) is 11.6 Å². The smallest absolute Gasteiger partial charge is 0.185 e. The molecule has 110 valence electrons. The van der Waals surface area contributed by atoms with Gasteiger partial charge in [0.1, 0.15) is 0 Å². The molecule has 0 radical (unpaired) electrons. The third kappa shape index (κ3) is 4.74. The van der Waals surface area contributed by atoms with Crippen LogP contribution in [0.2, 0.25) is 4.34 Å². The van der Waals surface area contributed by atoms with E-state index in [2.05, 4.69) is 49.1 Å². The molecule has 0 aromatic carbocycles. The van der Waals surface area contributed by atoms with E-state index in [1.54, 1.807) is 22.7 Å². The van der Waals surface area contributed by atoms with E-state index >= 15 is 0 Å². The van der Waals surface area contributed by atoms with E-state index in [0.717, 1.165) is 22.6 Å². The van der Waals surface area contributed by atoms with Crippen molar-refractivity contribution in [2.45, 2.75) is 39.4 Å². The van der Waals surface area contributed by atoms with Gasteiger partial charge in [-0.25, -0.2) is 4.98 Å². The summed E-state index contributed by atoms with van der Waals surface area (Å²) in [7, 11) is 2.06. The molecule has 0 saturated heterocycles. The van der Waals surface area contributed by atoms with Crippen LogP contribution >= 0.6 is 34.3 Å². The Balaban J connectivity index is 1.94. The molecule has 2 heterocycles. The number of halogens is 1. The molecule has 2 aromatic rings. The summed E-state index contributed by atoms with van der Waals surface area (Å²) in [5, 5.41) is 4.52. The highest BCUT2D eigenvalue weighted by Crippen LogP contribution is 2.27. The van der Waals surface area contributed by atoms with Crippen LogP contribution in [0.3, 0.4) is 0 Å². The Kier molecular flexibility index (Phi) is 5.07. The molecule has 0 unspecified atom stereocenters. The minimum atomic E-state index is 0.129. The molecular formula is C14H20ClN3S2. The Morgan fingerprint density at radius 1 is 1.25 bits per heavy atom. The number of hydrogen-bond acceptors (Lipinski definition) is 5. The quantitative estimate of drug-likeness (QED) is 0.882. The largest absolute Gasteiger partial charge is 0.346 e. The van der Waals surface area contributed by atoms with Crippen molar-refractivity contribution in [3.8, 4) is 0 Å². The topological polar surface area (TPSA) is 28.2 Å². The highest BCUT2D eigenvalue weighted by Gasteiger charge is 2.12. The molecule has 0 amide bonds. The molecule has 0 saturated carbocycles. The molecule has 6 heteroatoms. The van der Waals surface area contributed by atoms with E-state index in [9.17, 15) is 0 Å². The molecule has 2 aromatic heterocycles. The zero-order valence-corrected chi connectivity index (χ0v) is 14.6. The number of rotatable bonds is 5. The lowest BCUT2D eigenvalue weighted by Gasteiger charge is -2.19. The second-order valence-corrected chi connectivity index (χ2v) is 8.67. The van der Waals surface area contributed by atoms with Gasteiger partial charge in [0.2, 0.25) is 0 Å². The summed E-state index contributed by atoms with van der Waals surface area (Å²) in [4.78, 5) is 9.16. The number of nitrogens with zero attached hydrogens (tertiary/aromatic N) is 2. The summed E-state index contributed by atoms with van der Waals surface area (Å²) in [6.07, 6.45) is 1.96. The Morgan fingerprint density at radius 2 is 2.00 bits per heavy atom. The molecule has 0 aliphatic carbocycles. The number of thiazole rings is 1. The van der Waals surface area contributed by atoms with Crippen molar-refractivity contribution < 1.29 is 0 Å². The molecule has 0 bridgehead atoms. The van der Waals surface area contributed by atoms with Crippen LogP contribution in [0.15, 0.2) is 18.3 Å². The minimum Gasteiger partial charge on any atom is -0.346 e. The molecule has 0 aliphatic rings. The summed E-state index contributed by atoms with van der Waals surface area (Å²) < 4.78 is 0.836.